The number of anilines is 2. The third-order valence-electron chi connectivity index (χ3n) is 5.66. The highest BCUT2D eigenvalue weighted by Gasteiger charge is 2.24. The maximum absolute atomic E-state index is 12.9. The standard InChI is InChI=1S/C26H25Cl2N3O3/c1-18(34-24-12-11-20(27)17-21(24)28)25(32)29-22-9-5-6-10-23(22)30-13-15-31(16-14-30)26(33)19-7-3-2-4-8-19/h2-12,17-18H,13-16H2,1H3,(H,29,32). The summed E-state index contributed by atoms with van der Waals surface area (Å²) in [6.45, 7) is 4.20. The van der Waals surface area contributed by atoms with Gasteiger partial charge in [-0.2, -0.15) is 0 Å². The molecule has 6 nitrogen and oxygen atoms in total. The third kappa shape index (κ3) is 5.64. The third-order valence-corrected chi connectivity index (χ3v) is 6.19. The van der Waals surface area contributed by atoms with Gasteiger partial charge >= 0.3 is 0 Å². The lowest BCUT2D eigenvalue weighted by atomic mass is 10.1. The van der Waals surface area contributed by atoms with Gasteiger partial charge in [-0.15, -0.1) is 0 Å². The van der Waals surface area contributed by atoms with E-state index in [0.29, 0.717) is 53.2 Å². The van der Waals surface area contributed by atoms with Crippen molar-refractivity contribution in [2.24, 2.45) is 0 Å². The Bertz CT molecular complexity index is 1160. The monoisotopic (exact) mass is 497 g/mol. The van der Waals surface area contributed by atoms with Crippen molar-refractivity contribution < 1.29 is 14.3 Å². The van der Waals surface area contributed by atoms with Crippen molar-refractivity contribution in [3.05, 3.63) is 88.4 Å². The van der Waals surface area contributed by atoms with Gasteiger partial charge in [0.1, 0.15) is 5.75 Å². The summed E-state index contributed by atoms with van der Waals surface area (Å²) in [7, 11) is 0. The van der Waals surface area contributed by atoms with E-state index in [1.807, 2.05) is 59.5 Å². The summed E-state index contributed by atoms with van der Waals surface area (Å²) >= 11 is 12.1. The molecule has 0 saturated carbocycles. The van der Waals surface area contributed by atoms with Gasteiger partial charge in [0.2, 0.25) is 0 Å². The van der Waals surface area contributed by atoms with Crippen molar-refractivity contribution in [1.29, 1.82) is 0 Å². The lowest BCUT2D eigenvalue weighted by Crippen LogP contribution is -2.49. The Hall–Kier alpha value is -3.22. The quantitative estimate of drug-likeness (QED) is 0.497. The van der Waals surface area contributed by atoms with Crippen molar-refractivity contribution in [2.75, 3.05) is 36.4 Å². The zero-order chi connectivity index (χ0) is 24.1. The molecule has 3 aromatic carbocycles. The van der Waals surface area contributed by atoms with Crippen LogP contribution in [0.2, 0.25) is 10.0 Å². The number of piperazine rings is 1. The SMILES string of the molecule is CC(Oc1ccc(Cl)cc1Cl)C(=O)Nc1ccccc1N1CCN(C(=O)c2ccccc2)CC1. The van der Waals surface area contributed by atoms with Gasteiger partial charge in [-0.05, 0) is 49.4 Å². The second kappa shape index (κ2) is 10.8. The molecule has 1 atom stereocenters. The van der Waals surface area contributed by atoms with Crippen LogP contribution in [0.1, 0.15) is 17.3 Å². The summed E-state index contributed by atoms with van der Waals surface area (Å²) in [5.41, 5.74) is 2.28. The summed E-state index contributed by atoms with van der Waals surface area (Å²) in [5, 5.41) is 3.80. The molecule has 1 fully saturated rings. The first kappa shape index (κ1) is 23.9. The molecule has 2 amide bonds. The van der Waals surface area contributed by atoms with Gasteiger partial charge in [-0.3, -0.25) is 9.59 Å². The summed E-state index contributed by atoms with van der Waals surface area (Å²) in [5.74, 6) is 0.131. The molecule has 8 heteroatoms. The zero-order valence-electron chi connectivity index (χ0n) is 18.7. The average Bonchev–Trinajstić information content (AvgIpc) is 2.86. The Morgan fingerprint density at radius 3 is 2.29 bits per heavy atom. The predicted molar refractivity (Wildman–Crippen MR) is 136 cm³/mol. The van der Waals surface area contributed by atoms with Crippen molar-refractivity contribution >= 4 is 46.4 Å². The average molecular weight is 498 g/mol. The first-order chi connectivity index (χ1) is 16.4. The summed E-state index contributed by atoms with van der Waals surface area (Å²) in [4.78, 5) is 29.6. The molecule has 176 valence electrons. The van der Waals surface area contributed by atoms with Crippen LogP contribution >= 0.6 is 23.2 Å². The van der Waals surface area contributed by atoms with Crippen LogP contribution < -0.4 is 15.0 Å². The maximum Gasteiger partial charge on any atom is 0.265 e. The minimum Gasteiger partial charge on any atom is -0.479 e. The molecule has 1 aliphatic heterocycles. The molecule has 1 heterocycles. The number of rotatable bonds is 6. The summed E-state index contributed by atoms with van der Waals surface area (Å²) < 4.78 is 5.74. The second-order valence-electron chi connectivity index (χ2n) is 7.99. The van der Waals surface area contributed by atoms with E-state index in [4.69, 9.17) is 27.9 Å². The molecule has 4 rings (SSSR count). The number of carbonyl (C=O) groups excluding carboxylic acids is 2. The van der Waals surface area contributed by atoms with Gasteiger partial charge in [0.15, 0.2) is 6.10 Å². The van der Waals surface area contributed by atoms with Crippen LogP contribution in [-0.4, -0.2) is 49.0 Å². The van der Waals surface area contributed by atoms with Crippen LogP contribution in [0, 0.1) is 0 Å². The van der Waals surface area contributed by atoms with Crippen molar-refractivity contribution in [2.45, 2.75) is 13.0 Å². The highest BCUT2D eigenvalue weighted by atomic mass is 35.5. The number of halogens is 2. The van der Waals surface area contributed by atoms with Gasteiger partial charge in [-0.1, -0.05) is 53.5 Å². The number of benzene rings is 3. The lowest BCUT2D eigenvalue weighted by molar-refractivity contribution is -0.122. The fourth-order valence-corrected chi connectivity index (χ4v) is 4.27. The number of nitrogens with one attached hydrogen (secondary N) is 1. The molecular formula is C26H25Cl2N3O3. The maximum atomic E-state index is 12.9. The Morgan fingerprint density at radius 1 is 0.912 bits per heavy atom. The zero-order valence-corrected chi connectivity index (χ0v) is 20.2. The van der Waals surface area contributed by atoms with E-state index in [9.17, 15) is 9.59 Å². The van der Waals surface area contributed by atoms with Gasteiger partial charge in [0.25, 0.3) is 11.8 Å². The van der Waals surface area contributed by atoms with E-state index in [1.165, 1.54) is 0 Å². The minimum atomic E-state index is -0.771. The molecule has 1 unspecified atom stereocenters. The number of para-hydroxylation sites is 2. The normalized spacial score (nSPS) is 14.4. The first-order valence-corrected chi connectivity index (χ1v) is 11.8. The van der Waals surface area contributed by atoms with Crippen molar-refractivity contribution in [3.8, 4) is 5.75 Å². The molecule has 34 heavy (non-hydrogen) atoms. The van der Waals surface area contributed by atoms with E-state index in [-0.39, 0.29) is 11.8 Å². The summed E-state index contributed by atoms with van der Waals surface area (Å²) in [6, 6.07) is 21.8. The van der Waals surface area contributed by atoms with Crippen LogP contribution in [0.15, 0.2) is 72.8 Å². The fourth-order valence-electron chi connectivity index (χ4n) is 3.82. The van der Waals surface area contributed by atoms with Crippen LogP contribution in [0.3, 0.4) is 0 Å². The smallest absolute Gasteiger partial charge is 0.265 e. The second-order valence-corrected chi connectivity index (χ2v) is 8.83. The minimum absolute atomic E-state index is 0.0358. The van der Waals surface area contributed by atoms with Crippen LogP contribution in [0.5, 0.6) is 5.75 Å². The van der Waals surface area contributed by atoms with Crippen LogP contribution in [-0.2, 0) is 4.79 Å². The molecule has 0 aromatic heterocycles. The molecule has 3 aromatic rings. The Balaban J connectivity index is 1.39. The molecule has 1 saturated heterocycles. The highest BCUT2D eigenvalue weighted by Crippen LogP contribution is 2.30. The molecule has 0 spiro atoms. The molecule has 0 radical (unpaired) electrons. The van der Waals surface area contributed by atoms with Crippen molar-refractivity contribution in [1.82, 2.24) is 4.90 Å². The van der Waals surface area contributed by atoms with E-state index in [1.54, 1.807) is 25.1 Å². The number of nitrogens with zero attached hydrogens (tertiary/aromatic N) is 2. The molecule has 0 aliphatic carbocycles. The number of hydrogen-bond donors (Lipinski definition) is 1. The predicted octanol–water partition coefficient (Wildman–Crippen LogP) is 5.36. The molecule has 1 N–H and O–H groups in total. The van der Waals surface area contributed by atoms with Gasteiger partial charge in [0, 0.05) is 36.8 Å². The Labute approximate surface area is 209 Å². The first-order valence-electron chi connectivity index (χ1n) is 11.0. The van der Waals surface area contributed by atoms with E-state index < -0.39 is 6.10 Å². The number of hydrogen-bond acceptors (Lipinski definition) is 4. The molecule has 1 aliphatic rings. The van der Waals surface area contributed by atoms with E-state index in [2.05, 4.69) is 10.2 Å². The van der Waals surface area contributed by atoms with Gasteiger partial charge < -0.3 is 19.9 Å². The number of amides is 2. The summed E-state index contributed by atoms with van der Waals surface area (Å²) in [6.07, 6.45) is -0.771. The van der Waals surface area contributed by atoms with E-state index >= 15 is 0 Å². The van der Waals surface area contributed by atoms with E-state index in [0.717, 1.165) is 5.69 Å². The Morgan fingerprint density at radius 2 is 1.59 bits per heavy atom. The van der Waals surface area contributed by atoms with Gasteiger partial charge in [-0.25, -0.2) is 0 Å². The number of ether oxygens (including phenoxy) is 1. The van der Waals surface area contributed by atoms with Crippen LogP contribution in [0.25, 0.3) is 0 Å². The topological polar surface area (TPSA) is 61.9 Å². The van der Waals surface area contributed by atoms with Gasteiger partial charge in [0.05, 0.1) is 16.4 Å². The number of carbonyl (C=O) groups is 2. The largest absolute Gasteiger partial charge is 0.479 e. The molecule has 0 bridgehead atoms. The Kier molecular flexibility index (Phi) is 7.60. The lowest BCUT2D eigenvalue weighted by Gasteiger charge is -2.37. The fraction of sp³-hybridized carbons (Fsp3) is 0.231. The van der Waals surface area contributed by atoms with Crippen LogP contribution in [0.4, 0.5) is 11.4 Å². The van der Waals surface area contributed by atoms with Crippen molar-refractivity contribution in [3.63, 3.8) is 0 Å². The molecular weight excluding hydrogens is 473 g/mol. The highest BCUT2D eigenvalue weighted by molar-refractivity contribution is 6.35.